The molecule has 2 rings (SSSR count). The van der Waals surface area contributed by atoms with Crippen LogP contribution in [0.15, 0.2) is 0 Å². The molecule has 2 fully saturated rings. The molecule has 2 atom stereocenters. The third-order valence-electron chi connectivity index (χ3n) is 3.07. The zero-order valence-electron chi connectivity index (χ0n) is 10.5. The first-order valence-corrected chi connectivity index (χ1v) is 6.19. The van der Waals surface area contributed by atoms with Gasteiger partial charge in [-0.15, -0.1) is 0 Å². The van der Waals surface area contributed by atoms with Gasteiger partial charge in [0.05, 0.1) is 0 Å². The molecule has 1 aliphatic carbocycles. The third kappa shape index (κ3) is 3.11. The molecule has 4 nitrogen and oxygen atoms in total. The molecule has 1 amide bonds. The molecule has 1 aliphatic heterocycles. The van der Waals surface area contributed by atoms with Crippen molar-refractivity contribution >= 4 is 6.09 Å². The maximum Gasteiger partial charge on any atom is 0.407 e. The van der Waals surface area contributed by atoms with Gasteiger partial charge < -0.3 is 10.1 Å². The molecule has 92 valence electrons. The van der Waals surface area contributed by atoms with E-state index in [4.69, 9.17) is 4.74 Å². The molecule has 0 radical (unpaired) electrons. The van der Waals surface area contributed by atoms with Crippen LogP contribution in [0.1, 0.15) is 40.0 Å². The first kappa shape index (κ1) is 11.7. The van der Waals surface area contributed by atoms with Crippen molar-refractivity contribution in [2.75, 3.05) is 13.1 Å². The topological polar surface area (TPSA) is 41.6 Å². The summed E-state index contributed by atoms with van der Waals surface area (Å²) in [4.78, 5) is 14.0. The van der Waals surface area contributed by atoms with Crippen LogP contribution in [-0.4, -0.2) is 41.8 Å². The molecular formula is C12H22N2O2. The van der Waals surface area contributed by atoms with Crippen LogP contribution in [0, 0.1) is 0 Å². The minimum atomic E-state index is -0.401. The zero-order valence-corrected chi connectivity index (χ0v) is 10.5. The summed E-state index contributed by atoms with van der Waals surface area (Å²) in [5, 5.41) is 2.93. The predicted molar refractivity (Wildman–Crippen MR) is 62.4 cm³/mol. The highest BCUT2D eigenvalue weighted by Crippen LogP contribution is 2.31. The van der Waals surface area contributed by atoms with Crippen LogP contribution in [0.3, 0.4) is 0 Å². The Kier molecular flexibility index (Phi) is 3.10. The van der Waals surface area contributed by atoms with Crippen molar-refractivity contribution in [3.8, 4) is 0 Å². The summed E-state index contributed by atoms with van der Waals surface area (Å²) >= 11 is 0. The van der Waals surface area contributed by atoms with Crippen molar-refractivity contribution < 1.29 is 9.53 Å². The standard InChI is InChI=1S/C12H22N2O2/c1-12(2,3)16-11(15)13-9-8-10(9)14-6-4-5-7-14/h9-10H,4-8H2,1-3H3,(H,13,15)/t9-,10+/m0/s1. The van der Waals surface area contributed by atoms with Gasteiger partial charge in [-0.1, -0.05) is 0 Å². The minimum absolute atomic E-state index is 0.279. The van der Waals surface area contributed by atoms with E-state index in [9.17, 15) is 4.79 Å². The van der Waals surface area contributed by atoms with Crippen LogP contribution in [0.25, 0.3) is 0 Å². The Morgan fingerprint density at radius 3 is 2.50 bits per heavy atom. The molecule has 16 heavy (non-hydrogen) atoms. The van der Waals surface area contributed by atoms with E-state index in [-0.39, 0.29) is 6.09 Å². The number of hydrogen-bond donors (Lipinski definition) is 1. The molecule has 4 heteroatoms. The summed E-state index contributed by atoms with van der Waals surface area (Å²) in [7, 11) is 0. The third-order valence-corrected chi connectivity index (χ3v) is 3.07. The smallest absolute Gasteiger partial charge is 0.407 e. The zero-order chi connectivity index (χ0) is 11.8. The van der Waals surface area contributed by atoms with Gasteiger partial charge in [0.1, 0.15) is 5.60 Å². The first-order chi connectivity index (χ1) is 7.46. The van der Waals surface area contributed by atoms with E-state index in [1.165, 1.54) is 25.9 Å². The van der Waals surface area contributed by atoms with E-state index in [2.05, 4.69) is 10.2 Å². The van der Waals surface area contributed by atoms with Gasteiger partial charge in [0.2, 0.25) is 0 Å². The highest BCUT2D eigenvalue weighted by atomic mass is 16.6. The van der Waals surface area contributed by atoms with E-state index in [1.807, 2.05) is 20.8 Å². The maximum absolute atomic E-state index is 11.5. The van der Waals surface area contributed by atoms with Crippen molar-refractivity contribution in [1.29, 1.82) is 0 Å². The van der Waals surface area contributed by atoms with E-state index in [0.717, 1.165) is 6.42 Å². The van der Waals surface area contributed by atoms with Crippen LogP contribution >= 0.6 is 0 Å². The number of nitrogens with zero attached hydrogens (tertiary/aromatic N) is 1. The molecule has 0 aromatic heterocycles. The van der Waals surface area contributed by atoms with Gasteiger partial charge in [0.15, 0.2) is 0 Å². The number of carbonyl (C=O) groups is 1. The molecule has 1 heterocycles. The number of carbonyl (C=O) groups excluding carboxylic acids is 1. The monoisotopic (exact) mass is 226 g/mol. The molecule has 0 unspecified atom stereocenters. The summed E-state index contributed by atoms with van der Waals surface area (Å²) in [5.74, 6) is 0. The van der Waals surface area contributed by atoms with Crippen LogP contribution in [-0.2, 0) is 4.74 Å². The number of nitrogens with one attached hydrogen (secondary N) is 1. The predicted octanol–water partition coefficient (Wildman–Crippen LogP) is 1.75. The van der Waals surface area contributed by atoms with Crippen LogP contribution in [0.5, 0.6) is 0 Å². The molecule has 0 aromatic carbocycles. The van der Waals surface area contributed by atoms with E-state index in [1.54, 1.807) is 0 Å². The number of ether oxygens (including phenoxy) is 1. The molecule has 1 saturated carbocycles. The SMILES string of the molecule is CC(C)(C)OC(=O)N[C@H]1C[C@H]1N1CCCC1. The Morgan fingerprint density at radius 2 is 1.94 bits per heavy atom. The van der Waals surface area contributed by atoms with Gasteiger partial charge in [-0.25, -0.2) is 4.79 Å². The summed E-state index contributed by atoms with van der Waals surface area (Å²) in [6, 6.07) is 0.878. The second-order valence-corrected chi connectivity index (χ2v) is 5.80. The van der Waals surface area contributed by atoms with E-state index >= 15 is 0 Å². The van der Waals surface area contributed by atoms with Gasteiger partial charge in [-0.2, -0.15) is 0 Å². The van der Waals surface area contributed by atoms with Crippen molar-refractivity contribution in [3.63, 3.8) is 0 Å². The lowest BCUT2D eigenvalue weighted by Crippen LogP contribution is -2.37. The second-order valence-electron chi connectivity index (χ2n) is 5.80. The Labute approximate surface area is 97.3 Å². The normalized spacial score (nSPS) is 30.2. The Hall–Kier alpha value is -0.770. The molecule has 0 spiro atoms. The largest absolute Gasteiger partial charge is 0.444 e. The molecule has 2 aliphatic rings. The van der Waals surface area contributed by atoms with Crippen molar-refractivity contribution in [2.24, 2.45) is 0 Å². The van der Waals surface area contributed by atoms with E-state index in [0.29, 0.717) is 12.1 Å². The van der Waals surface area contributed by atoms with Gasteiger partial charge in [0.25, 0.3) is 0 Å². The quantitative estimate of drug-likeness (QED) is 0.780. The fourth-order valence-corrected chi connectivity index (χ4v) is 2.27. The lowest BCUT2D eigenvalue weighted by molar-refractivity contribution is 0.0518. The van der Waals surface area contributed by atoms with Crippen LogP contribution in [0.2, 0.25) is 0 Å². The number of likely N-dealkylation sites (tertiary alicyclic amines) is 1. The highest BCUT2D eigenvalue weighted by Gasteiger charge is 2.43. The van der Waals surface area contributed by atoms with Gasteiger partial charge >= 0.3 is 6.09 Å². The summed E-state index contributed by atoms with van der Waals surface area (Å²) in [6.07, 6.45) is 3.41. The minimum Gasteiger partial charge on any atom is -0.444 e. The molecule has 0 bridgehead atoms. The van der Waals surface area contributed by atoms with Crippen molar-refractivity contribution in [3.05, 3.63) is 0 Å². The molecule has 0 aromatic rings. The van der Waals surface area contributed by atoms with Crippen molar-refractivity contribution in [1.82, 2.24) is 10.2 Å². The number of alkyl carbamates (subject to hydrolysis) is 1. The van der Waals surface area contributed by atoms with Crippen LogP contribution in [0.4, 0.5) is 4.79 Å². The number of amides is 1. The Morgan fingerprint density at radius 1 is 1.31 bits per heavy atom. The molecule has 1 saturated heterocycles. The second kappa shape index (κ2) is 4.24. The number of hydrogen-bond acceptors (Lipinski definition) is 3. The Bertz CT molecular complexity index is 267. The van der Waals surface area contributed by atoms with Gasteiger partial charge in [-0.3, -0.25) is 4.90 Å². The maximum atomic E-state index is 11.5. The van der Waals surface area contributed by atoms with Crippen molar-refractivity contribution in [2.45, 2.75) is 57.7 Å². The summed E-state index contributed by atoms with van der Waals surface area (Å²) in [5.41, 5.74) is -0.401. The van der Waals surface area contributed by atoms with Crippen LogP contribution < -0.4 is 5.32 Å². The molecular weight excluding hydrogens is 204 g/mol. The van der Waals surface area contributed by atoms with E-state index < -0.39 is 5.60 Å². The number of rotatable bonds is 2. The Balaban J connectivity index is 1.70. The average Bonchev–Trinajstić information content (AvgIpc) is 2.70. The summed E-state index contributed by atoms with van der Waals surface area (Å²) in [6.45, 7) is 8.04. The first-order valence-electron chi connectivity index (χ1n) is 6.19. The van der Waals surface area contributed by atoms with Gasteiger partial charge in [0, 0.05) is 12.1 Å². The highest BCUT2D eigenvalue weighted by molar-refractivity contribution is 5.68. The lowest BCUT2D eigenvalue weighted by atomic mass is 10.2. The fourth-order valence-electron chi connectivity index (χ4n) is 2.27. The lowest BCUT2D eigenvalue weighted by Gasteiger charge is -2.20. The fraction of sp³-hybridized carbons (Fsp3) is 0.917. The van der Waals surface area contributed by atoms with Gasteiger partial charge in [-0.05, 0) is 53.1 Å². The molecule has 1 N–H and O–H groups in total. The summed E-state index contributed by atoms with van der Waals surface area (Å²) < 4.78 is 5.23. The average molecular weight is 226 g/mol.